The monoisotopic (exact) mass is 285 g/mol. The smallest absolute Gasteiger partial charge is 0.292 e. The first kappa shape index (κ1) is 12.9. The van der Waals surface area contributed by atoms with Crippen LogP contribution in [0.5, 0.6) is 0 Å². The van der Waals surface area contributed by atoms with E-state index in [4.69, 9.17) is 27.6 Å². The number of nitrogens with one attached hydrogen (secondary N) is 1. The molecule has 0 bridgehead atoms. The molecule has 0 spiro atoms. The number of anilines is 1. The second-order valence-electron chi connectivity index (χ2n) is 3.42. The van der Waals surface area contributed by atoms with Crippen LogP contribution in [0.2, 0.25) is 10.4 Å². The highest BCUT2D eigenvalue weighted by atomic mass is 35.5. The number of aromatic nitrogens is 2. The fourth-order valence-corrected chi connectivity index (χ4v) is 1.73. The molecule has 18 heavy (non-hydrogen) atoms. The van der Waals surface area contributed by atoms with E-state index in [0.717, 1.165) is 12.2 Å². The Morgan fingerprint density at radius 3 is 2.78 bits per heavy atom. The van der Waals surface area contributed by atoms with Crippen molar-refractivity contribution in [3.05, 3.63) is 40.2 Å². The molecule has 0 aliphatic carbocycles. The van der Waals surface area contributed by atoms with Crippen LogP contribution in [0.4, 0.5) is 5.82 Å². The van der Waals surface area contributed by atoms with Crippen LogP contribution in [0.15, 0.2) is 22.6 Å². The lowest BCUT2D eigenvalue weighted by molar-refractivity contribution is 0.0994. The summed E-state index contributed by atoms with van der Waals surface area (Å²) in [4.78, 5) is 19.3. The van der Waals surface area contributed by atoms with E-state index < -0.39 is 5.91 Å². The number of rotatable bonds is 3. The van der Waals surface area contributed by atoms with Crippen molar-refractivity contribution in [1.29, 1.82) is 0 Å². The molecule has 2 rings (SSSR count). The van der Waals surface area contributed by atoms with Gasteiger partial charge in [0.05, 0.1) is 0 Å². The minimum Gasteiger partial charge on any atom is -0.456 e. The van der Waals surface area contributed by atoms with Crippen molar-refractivity contribution < 1.29 is 9.21 Å². The summed E-state index contributed by atoms with van der Waals surface area (Å²) >= 11 is 11.3. The maximum Gasteiger partial charge on any atom is 0.292 e. The number of furan rings is 1. The molecule has 0 aliphatic heterocycles. The number of amides is 1. The predicted octanol–water partition coefficient (Wildman–Crippen LogP) is 3.19. The molecule has 2 aromatic heterocycles. The summed E-state index contributed by atoms with van der Waals surface area (Å²) in [6.45, 7) is 1.94. The largest absolute Gasteiger partial charge is 0.456 e. The van der Waals surface area contributed by atoms with Gasteiger partial charge in [0.1, 0.15) is 16.7 Å². The van der Waals surface area contributed by atoms with Gasteiger partial charge in [-0.05, 0) is 23.7 Å². The van der Waals surface area contributed by atoms with Crippen molar-refractivity contribution in [3.63, 3.8) is 0 Å². The van der Waals surface area contributed by atoms with E-state index in [1.54, 1.807) is 12.1 Å². The molecule has 0 aliphatic rings. The highest BCUT2D eigenvalue weighted by Crippen LogP contribution is 2.16. The van der Waals surface area contributed by atoms with E-state index in [1.165, 1.54) is 6.07 Å². The van der Waals surface area contributed by atoms with Gasteiger partial charge in [0.15, 0.2) is 5.76 Å². The standard InChI is InChI=1S/C11H9Cl2N3O2/c1-2-6-3-4-7(18-6)10(17)15-9-5-8(12)14-11(13)16-9/h3-5H,2H2,1H3,(H,14,15,16,17). The number of hydrogen-bond acceptors (Lipinski definition) is 4. The number of carbonyl (C=O) groups is 1. The molecular weight excluding hydrogens is 277 g/mol. The van der Waals surface area contributed by atoms with Gasteiger partial charge in [-0.2, -0.15) is 0 Å². The Bertz CT molecular complexity index is 563. The molecule has 0 radical (unpaired) electrons. The zero-order chi connectivity index (χ0) is 13.1. The lowest BCUT2D eigenvalue weighted by Crippen LogP contribution is -2.12. The van der Waals surface area contributed by atoms with E-state index >= 15 is 0 Å². The normalized spacial score (nSPS) is 10.4. The molecule has 0 saturated carbocycles. The predicted molar refractivity (Wildman–Crippen MR) is 68.1 cm³/mol. The first-order valence-corrected chi connectivity index (χ1v) is 5.94. The van der Waals surface area contributed by atoms with E-state index in [2.05, 4.69) is 15.3 Å². The van der Waals surface area contributed by atoms with Crippen molar-refractivity contribution in [3.8, 4) is 0 Å². The summed E-state index contributed by atoms with van der Waals surface area (Å²) in [5.41, 5.74) is 0. The van der Waals surface area contributed by atoms with Gasteiger partial charge >= 0.3 is 0 Å². The van der Waals surface area contributed by atoms with E-state index in [9.17, 15) is 4.79 Å². The number of carbonyl (C=O) groups excluding carboxylic acids is 1. The molecule has 94 valence electrons. The Morgan fingerprint density at radius 2 is 2.17 bits per heavy atom. The van der Waals surface area contributed by atoms with Crippen molar-refractivity contribution in [2.45, 2.75) is 13.3 Å². The van der Waals surface area contributed by atoms with Gasteiger partial charge < -0.3 is 9.73 Å². The summed E-state index contributed by atoms with van der Waals surface area (Å²) in [5.74, 6) is 0.747. The maximum absolute atomic E-state index is 11.8. The summed E-state index contributed by atoms with van der Waals surface area (Å²) < 4.78 is 5.31. The molecule has 0 unspecified atom stereocenters. The quantitative estimate of drug-likeness (QED) is 0.695. The minimum absolute atomic E-state index is 0.0357. The highest BCUT2D eigenvalue weighted by molar-refractivity contribution is 6.32. The average molecular weight is 286 g/mol. The highest BCUT2D eigenvalue weighted by Gasteiger charge is 2.12. The van der Waals surface area contributed by atoms with Crippen molar-refractivity contribution in [2.24, 2.45) is 0 Å². The topological polar surface area (TPSA) is 68.0 Å². The fourth-order valence-electron chi connectivity index (χ4n) is 1.32. The molecule has 2 heterocycles. The first-order chi connectivity index (χ1) is 8.58. The molecule has 0 atom stereocenters. The third-order valence-corrected chi connectivity index (χ3v) is 2.51. The van der Waals surface area contributed by atoms with Crippen molar-refractivity contribution in [1.82, 2.24) is 9.97 Å². The Hall–Kier alpha value is -1.59. The average Bonchev–Trinajstić information content (AvgIpc) is 2.75. The molecule has 2 aromatic rings. The van der Waals surface area contributed by atoms with Gasteiger partial charge in [-0.15, -0.1) is 0 Å². The number of halogens is 2. The Balaban J connectivity index is 2.15. The molecule has 5 nitrogen and oxygen atoms in total. The molecule has 0 fully saturated rings. The van der Waals surface area contributed by atoms with Crippen LogP contribution >= 0.6 is 23.2 Å². The molecule has 1 N–H and O–H groups in total. The van der Waals surface area contributed by atoms with Gasteiger partial charge in [0.25, 0.3) is 5.91 Å². The van der Waals surface area contributed by atoms with E-state index in [1.807, 2.05) is 6.92 Å². The number of aryl methyl sites for hydroxylation is 1. The molecular formula is C11H9Cl2N3O2. The summed E-state index contributed by atoms with van der Waals surface area (Å²) in [5, 5.41) is 2.64. The maximum atomic E-state index is 11.8. The summed E-state index contributed by atoms with van der Waals surface area (Å²) in [6, 6.07) is 4.74. The van der Waals surface area contributed by atoms with Crippen molar-refractivity contribution in [2.75, 3.05) is 5.32 Å². The molecule has 1 amide bonds. The zero-order valence-electron chi connectivity index (χ0n) is 9.41. The van der Waals surface area contributed by atoms with Crippen LogP contribution < -0.4 is 5.32 Å². The van der Waals surface area contributed by atoms with Gasteiger partial charge in [0.2, 0.25) is 5.28 Å². The number of hydrogen-bond donors (Lipinski definition) is 1. The Labute approximate surface area is 113 Å². The van der Waals surface area contributed by atoms with Crippen LogP contribution in [-0.4, -0.2) is 15.9 Å². The van der Waals surface area contributed by atoms with Crippen LogP contribution in [0.25, 0.3) is 0 Å². The summed E-state index contributed by atoms with van der Waals surface area (Å²) in [6.07, 6.45) is 0.721. The lowest BCUT2D eigenvalue weighted by atomic mass is 10.3. The third kappa shape index (κ3) is 3.00. The molecule has 0 saturated heterocycles. The van der Waals surface area contributed by atoms with Crippen LogP contribution in [0.3, 0.4) is 0 Å². The van der Waals surface area contributed by atoms with Gasteiger partial charge in [-0.3, -0.25) is 4.79 Å². The first-order valence-electron chi connectivity index (χ1n) is 5.18. The Morgan fingerprint density at radius 1 is 1.39 bits per heavy atom. The third-order valence-electron chi connectivity index (χ3n) is 2.14. The summed E-state index contributed by atoms with van der Waals surface area (Å²) in [7, 11) is 0. The molecule has 7 heteroatoms. The number of nitrogens with zero attached hydrogens (tertiary/aromatic N) is 2. The zero-order valence-corrected chi connectivity index (χ0v) is 10.9. The van der Waals surface area contributed by atoms with Crippen LogP contribution in [0, 0.1) is 0 Å². The molecule has 0 aromatic carbocycles. The van der Waals surface area contributed by atoms with E-state index in [0.29, 0.717) is 0 Å². The van der Waals surface area contributed by atoms with Crippen molar-refractivity contribution >= 4 is 34.9 Å². The lowest BCUT2D eigenvalue weighted by Gasteiger charge is -2.02. The van der Waals surface area contributed by atoms with Crippen LogP contribution in [0.1, 0.15) is 23.2 Å². The Kier molecular flexibility index (Phi) is 3.84. The van der Waals surface area contributed by atoms with Gasteiger partial charge in [0, 0.05) is 12.5 Å². The van der Waals surface area contributed by atoms with Gasteiger partial charge in [-0.25, -0.2) is 9.97 Å². The fraction of sp³-hybridized carbons (Fsp3) is 0.182. The SMILES string of the molecule is CCc1ccc(C(=O)Nc2cc(Cl)nc(Cl)n2)o1. The second kappa shape index (κ2) is 5.37. The van der Waals surface area contributed by atoms with Crippen LogP contribution in [-0.2, 0) is 6.42 Å². The van der Waals surface area contributed by atoms with E-state index in [-0.39, 0.29) is 22.0 Å². The minimum atomic E-state index is -0.416. The van der Waals surface area contributed by atoms with Gasteiger partial charge in [-0.1, -0.05) is 18.5 Å². The second-order valence-corrected chi connectivity index (χ2v) is 4.14.